The Kier molecular flexibility index (Phi) is 4.55. The molecule has 0 bridgehead atoms. The molecular formula is C18H15ClO2S. The van der Waals surface area contributed by atoms with Crippen molar-refractivity contribution in [2.24, 2.45) is 0 Å². The van der Waals surface area contributed by atoms with Gasteiger partial charge in [0.25, 0.3) is 0 Å². The van der Waals surface area contributed by atoms with Gasteiger partial charge < -0.3 is 4.42 Å². The van der Waals surface area contributed by atoms with Crippen LogP contribution in [0.15, 0.2) is 58.0 Å². The third-order valence-corrected chi connectivity index (χ3v) is 4.46. The zero-order valence-electron chi connectivity index (χ0n) is 12.1. The van der Waals surface area contributed by atoms with Gasteiger partial charge >= 0.3 is 0 Å². The second-order valence-corrected chi connectivity index (χ2v) is 6.45. The summed E-state index contributed by atoms with van der Waals surface area (Å²) in [4.78, 5) is 12.4. The molecule has 112 valence electrons. The second kappa shape index (κ2) is 6.59. The zero-order chi connectivity index (χ0) is 15.5. The van der Waals surface area contributed by atoms with Crippen LogP contribution in [0.25, 0.3) is 11.0 Å². The number of carbonyl (C=O) groups excluding carboxylic acids is 1. The Balaban J connectivity index is 1.96. The molecule has 0 saturated carbocycles. The summed E-state index contributed by atoms with van der Waals surface area (Å²) in [5, 5.41) is 0.657. The summed E-state index contributed by atoms with van der Waals surface area (Å²) in [7, 11) is 0. The van der Waals surface area contributed by atoms with Crippen LogP contribution in [0.4, 0.5) is 0 Å². The van der Waals surface area contributed by atoms with Gasteiger partial charge in [0.15, 0.2) is 0 Å². The maximum absolute atomic E-state index is 11.2. The van der Waals surface area contributed by atoms with E-state index < -0.39 is 0 Å². The quantitative estimate of drug-likeness (QED) is 0.484. The summed E-state index contributed by atoms with van der Waals surface area (Å²) in [6.07, 6.45) is 4.75. The summed E-state index contributed by atoms with van der Waals surface area (Å²) < 4.78 is 5.60. The lowest BCUT2D eigenvalue weighted by Gasteiger charge is -2.07. The average Bonchev–Trinajstić information content (AvgIpc) is 2.96. The van der Waals surface area contributed by atoms with Gasteiger partial charge in [0.05, 0.1) is 6.26 Å². The Labute approximate surface area is 138 Å². The van der Waals surface area contributed by atoms with E-state index >= 15 is 0 Å². The minimum absolute atomic E-state index is 0.237. The third kappa shape index (κ3) is 3.37. The number of carbonyl (C=O) groups is 1. The lowest BCUT2D eigenvalue weighted by molar-refractivity contribution is -0.111. The first-order valence-electron chi connectivity index (χ1n) is 6.96. The van der Waals surface area contributed by atoms with Crippen molar-refractivity contribution >= 4 is 39.6 Å². The second-order valence-electron chi connectivity index (χ2n) is 5.15. The van der Waals surface area contributed by atoms with Crippen molar-refractivity contribution in [2.75, 3.05) is 6.26 Å². The van der Waals surface area contributed by atoms with Crippen LogP contribution in [0.1, 0.15) is 16.7 Å². The van der Waals surface area contributed by atoms with Gasteiger partial charge in [0.2, 0.25) is 5.24 Å². The van der Waals surface area contributed by atoms with Crippen molar-refractivity contribution in [3.8, 4) is 0 Å². The highest BCUT2D eigenvalue weighted by atomic mass is 35.5. The molecule has 0 aliphatic heterocycles. The third-order valence-electron chi connectivity index (χ3n) is 3.58. The molecule has 4 heteroatoms. The van der Waals surface area contributed by atoms with Crippen LogP contribution < -0.4 is 0 Å². The highest BCUT2D eigenvalue weighted by molar-refractivity contribution is 7.98. The molecule has 2 nitrogen and oxygen atoms in total. The first kappa shape index (κ1) is 15.2. The Bertz CT molecular complexity index is 806. The van der Waals surface area contributed by atoms with E-state index in [1.807, 2.05) is 18.2 Å². The number of rotatable bonds is 5. The molecule has 0 amide bonds. The summed E-state index contributed by atoms with van der Waals surface area (Å²) in [5.74, 6) is 0. The van der Waals surface area contributed by atoms with Crippen molar-refractivity contribution < 1.29 is 9.21 Å². The Morgan fingerprint density at radius 1 is 1.14 bits per heavy atom. The summed E-state index contributed by atoms with van der Waals surface area (Å²) in [5.41, 5.74) is 4.08. The summed E-state index contributed by atoms with van der Waals surface area (Å²) in [6.45, 7) is 0. The van der Waals surface area contributed by atoms with Gasteiger partial charge in [-0.2, -0.15) is 0 Å². The maximum Gasteiger partial charge on any atom is 0.226 e. The van der Waals surface area contributed by atoms with E-state index in [0.29, 0.717) is 0 Å². The summed E-state index contributed by atoms with van der Waals surface area (Å²) >= 11 is 7.25. The molecular weight excluding hydrogens is 316 g/mol. The lowest BCUT2D eigenvalue weighted by atomic mass is 9.99. The van der Waals surface area contributed by atoms with Crippen LogP contribution in [0.5, 0.6) is 0 Å². The van der Waals surface area contributed by atoms with Gasteiger partial charge in [-0.1, -0.05) is 18.2 Å². The van der Waals surface area contributed by atoms with Gasteiger partial charge in [-0.3, -0.25) is 4.79 Å². The van der Waals surface area contributed by atoms with E-state index in [-0.39, 0.29) is 11.7 Å². The minimum Gasteiger partial charge on any atom is -0.464 e. The van der Waals surface area contributed by atoms with E-state index in [0.717, 1.165) is 28.5 Å². The van der Waals surface area contributed by atoms with Crippen LogP contribution in [0.3, 0.4) is 0 Å². The van der Waals surface area contributed by atoms with Gasteiger partial charge in [-0.15, -0.1) is 11.8 Å². The summed E-state index contributed by atoms with van der Waals surface area (Å²) in [6, 6.07) is 14.4. The highest BCUT2D eigenvalue weighted by Gasteiger charge is 2.10. The van der Waals surface area contributed by atoms with Crippen molar-refractivity contribution in [1.82, 2.24) is 0 Å². The SMILES string of the molecule is CSc1ccc(Cc2cc(CC(=O)Cl)cc3ccoc23)cc1. The van der Waals surface area contributed by atoms with E-state index in [2.05, 4.69) is 30.5 Å². The smallest absolute Gasteiger partial charge is 0.226 e. The topological polar surface area (TPSA) is 30.2 Å². The number of furan rings is 1. The minimum atomic E-state index is -0.349. The van der Waals surface area contributed by atoms with E-state index in [1.54, 1.807) is 18.0 Å². The Morgan fingerprint density at radius 3 is 2.59 bits per heavy atom. The van der Waals surface area contributed by atoms with Crippen LogP contribution in [-0.2, 0) is 17.6 Å². The van der Waals surface area contributed by atoms with Crippen molar-refractivity contribution in [1.29, 1.82) is 0 Å². The fraction of sp³-hybridized carbons (Fsp3) is 0.167. The van der Waals surface area contributed by atoms with Crippen molar-refractivity contribution in [3.63, 3.8) is 0 Å². The van der Waals surface area contributed by atoms with Gasteiger partial charge in [-0.25, -0.2) is 0 Å². The first-order valence-corrected chi connectivity index (χ1v) is 8.56. The molecule has 22 heavy (non-hydrogen) atoms. The Morgan fingerprint density at radius 2 is 1.91 bits per heavy atom. The number of fused-ring (bicyclic) bond motifs is 1. The normalized spacial score (nSPS) is 11.0. The number of thioether (sulfide) groups is 1. The molecule has 2 aromatic carbocycles. The predicted octanol–water partition coefficient (Wildman–Crippen LogP) is 5.05. The number of hydrogen-bond acceptors (Lipinski definition) is 3. The van der Waals surface area contributed by atoms with Gasteiger partial charge in [0, 0.05) is 28.7 Å². The van der Waals surface area contributed by atoms with E-state index in [1.165, 1.54) is 10.5 Å². The number of benzene rings is 2. The maximum atomic E-state index is 11.2. The molecule has 0 unspecified atom stereocenters. The van der Waals surface area contributed by atoms with Gasteiger partial charge in [-0.05, 0) is 53.2 Å². The van der Waals surface area contributed by atoms with Crippen molar-refractivity contribution in [2.45, 2.75) is 17.7 Å². The molecule has 3 rings (SSSR count). The van der Waals surface area contributed by atoms with Crippen LogP contribution in [0.2, 0.25) is 0 Å². The molecule has 0 atom stereocenters. The predicted molar refractivity (Wildman–Crippen MR) is 91.8 cm³/mol. The highest BCUT2D eigenvalue weighted by Crippen LogP contribution is 2.26. The van der Waals surface area contributed by atoms with Crippen LogP contribution in [-0.4, -0.2) is 11.5 Å². The fourth-order valence-corrected chi connectivity index (χ4v) is 3.14. The van der Waals surface area contributed by atoms with E-state index in [9.17, 15) is 4.79 Å². The molecule has 0 radical (unpaired) electrons. The number of halogens is 1. The van der Waals surface area contributed by atoms with E-state index in [4.69, 9.17) is 16.0 Å². The first-order chi connectivity index (χ1) is 10.7. The molecule has 0 spiro atoms. The molecule has 0 saturated heterocycles. The standard InChI is InChI=1S/C18H15ClO2S/c1-22-16-4-2-12(3-5-16)8-15-10-13(11-17(19)20)9-14-6-7-21-18(14)15/h2-7,9-10H,8,11H2,1H3. The molecule has 0 N–H and O–H groups in total. The van der Waals surface area contributed by atoms with Gasteiger partial charge in [0.1, 0.15) is 5.58 Å². The van der Waals surface area contributed by atoms with Crippen molar-refractivity contribution in [3.05, 3.63) is 65.4 Å². The average molecular weight is 331 g/mol. The molecule has 0 aliphatic carbocycles. The number of hydrogen-bond donors (Lipinski definition) is 0. The zero-order valence-corrected chi connectivity index (χ0v) is 13.7. The van der Waals surface area contributed by atoms with Crippen LogP contribution in [0, 0.1) is 0 Å². The monoisotopic (exact) mass is 330 g/mol. The van der Waals surface area contributed by atoms with Crippen LogP contribution >= 0.6 is 23.4 Å². The Hall–Kier alpha value is -1.71. The molecule has 1 aromatic heterocycles. The molecule has 0 fully saturated rings. The molecule has 0 aliphatic rings. The molecule has 1 heterocycles. The largest absolute Gasteiger partial charge is 0.464 e. The molecule has 3 aromatic rings. The fourth-order valence-electron chi connectivity index (χ4n) is 2.58. The lowest BCUT2D eigenvalue weighted by Crippen LogP contribution is -1.96.